The Kier molecular flexibility index (Phi) is 2.57. The van der Waals surface area contributed by atoms with Gasteiger partial charge in [-0.25, -0.2) is 0 Å². The topological polar surface area (TPSA) is 25.6 Å². The lowest BCUT2D eigenvalue weighted by Gasteiger charge is -2.31. The molecule has 7 rings (SSSR count). The maximum atomic E-state index is 6.50. The minimum absolute atomic E-state index is 0.154. The van der Waals surface area contributed by atoms with Crippen molar-refractivity contribution in [1.82, 2.24) is 0 Å². The minimum atomic E-state index is -0.154. The van der Waals surface area contributed by atoms with Crippen LogP contribution in [-0.4, -0.2) is 7.05 Å². The van der Waals surface area contributed by atoms with Crippen LogP contribution in [-0.2, 0) is 0 Å². The number of fused-ring (bicyclic) bond motifs is 11. The van der Waals surface area contributed by atoms with Crippen molar-refractivity contribution in [2.45, 2.75) is 0 Å². The zero-order chi connectivity index (χ0) is 18.2. The van der Waals surface area contributed by atoms with Gasteiger partial charge in [-0.2, -0.15) is 0 Å². The highest BCUT2D eigenvalue weighted by Gasteiger charge is 2.45. The van der Waals surface area contributed by atoms with Gasteiger partial charge >= 0.3 is 7.05 Å². The molecule has 0 saturated heterocycles. The second-order valence-electron chi connectivity index (χ2n) is 7.36. The molecular formula is C24H14BNO2. The Morgan fingerprint density at radius 3 is 2.39 bits per heavy atom. The smallest absolute Gasteiger partial charge is 0.524 e. The molecule has 2 aliphatic rings. The Morgan fingerprint density at radius 1 is 0.643 bits per heavy atom. The van der Waals surface area contributed by atoms with Gasteiger partial charge in [0.05, 0.1) is 5.69 Å². The molecule has 5 aromatic rings. The zero-order valence-corrected chi connectivity index (χ0v) is 14.9. The molecule has 28 heavy (non-hydrogen) atoms. The number of hydrogen-bond acceptors (Lipinski definition) is 3. The summed E-state index contributed by atoms with van der Waals surface area (Å²) in [5, 5.41) is 2.21. The number of rotatable bonds is 0. The first kappa shape index (κ1) is 14.4. The van der Waals surface area contributed by atoms with Gasteiger partial charge in [-0.15, -0.1) is 0 Å². The number of benzene rings is 4. The molecule has 0 aliphatic carbocycles. The summed E-state index contributed by atoms with van der Waals surface area (Å²) in [5.74, 6) is 0.899. The van der Waals surface area contributed by atoms with E-state index in [4.69, 9.17) is 9.07 Å². The lowest BCUT2D eigenvalue weighted by molar-refractivity contribution is 0.603. The number of anilines is 2. The molecule has 0 unspecified atom stereocenters. The van der Waals surface area contributed by atoms with Crippen molar-refractivity contribution in [1.29, 1.82) is 0 Å². The van der Waals surface area contributed by atoms with Gasteiger partial charge in [0.15, 0.2) is 0 Å². The van der Waals surface area contributed by atoms with Gasteiger partial charge in [-0.1, -0.05) is 60.7 Å². The van der Waals surface area contributed by atoms with Crippen LogP contribution in [0.5, 0.6) is 5.75 Å². The quantitative estimate of drug-likeness (QED) is 0.342. The standard InChI is InChI=1S/C24H14BNO2/c1-4-10-19-15(7-1)16-8-2-5-11-20(16)26-21-14-23-18(13-24(21)28-25(19)26)17-9-3-6-12-22(17)27-23/h1-14H. The summed E-state index contributed by atoms with van der Waals surface area (Å²) in [5.41, 5.74) is 7.68. The van der Waals surface area contributed by atoms with E-state index in [0.717, 1.165) is 33.4 Å². The molecule has 2 aliphatic heterocycles. The molecule has 0 atom stereocenters. The van der Waals surface area contributed by atoms with Crippen molar-refractivity contribution in [2.24, 2.45) is 0 Å². The Morgan fingerprint density at radius 2 is 1.43 bits per heavy atom. The fraction of sp³-hybridized carbons (Fsp3) is 0. The lowest BCUT2D eigenvalue weighted by atomic mass is 9.65. The van der Waals surface area contributed by atoms with Crippen LogP contribution in [0.3, 0.4) is 0 Å². The average molecular weight is 359 g/mol. The number of furan rings is 1. The molecule has 4 heteroatoms. The minimum Gasteiger partial charge on any atom is -0.536 e. The van der Waals surface area contributed by atoms with E-state index in [0.29, 0.717) is 0 Å². The molecule has 0 spiro atoms. The van der Waals surface area contributed by atoms with Crippen LogP contribution in [0.25, 0.3) is 33.1 Å². The van der Waals surface area contributed by atoms with Crippen molar-refractivity contribution in [3.63, 3.8) is 0 Å². The molecule has 0 amide bonds. The van der Waals surface area contributed by atoms with Crippen LogP contribution in [0.1, 0.15) is 0 Å². The molecule has 0 N–H and O–H groups in total. The molecule has 130 valence electrons. The van der Waals surface area contributed by atoms with Gasteiger partial charge in [-0.05, 0) is 29.2 Å². The second-order valence-corrected chi connectivity index (χ2v) is 7.36. The third-order valence-corrected chi connectivity index (χ3v) is 5.87. The second kappa shape index (κ2) is 4.99. The van der Waals surface area contributed by atoms with Gasteiger partial charge in [0.2, 0.25) is 0 Å². The molecule has 0 saturated carbocycles. The third-order valence-electron chi connectivity index (χ3n) is 5.87. The van der Waals surface area contributed by atoms with E-state index in [1.54, 1.807) is 0 Å². The molecule has 3 heterocycles. The molecule has 0 radical (unpaired) electrons. The first-order chi connectivity index (χ1) is 13.9. The summed E-state index contributed by atoms with van der Waals surface area (Å²) in [6.07, 6.45) is 0. The molecule has 3 nitrogen and oxygen atoms in total. The van der Waals surface area contributed by atoms with Crippen molar-refractivity contribution in [3.8, 4) is 16.9 Å². The normalized spacial score (nSPS) is 13.9. The number of para-hydroxylation sites is 2. The highest BCUT2D eigenvalue weighted by Crippen LogP contribution is 2.49. The monoisotopic (exact) mass is 359 g/mol. The van der Waals surface area contributed by atoms with Crippen LogP contribution in [0.4, 0.5) is 11.4 Å². The van der Waals surface area contributed by atoms with Crippen molar-refractivity contribution >= 4 is 45.8 Å². The predicted octanol–water partition coefficient (Wildman–Crippen LogP) is 5.49. The van der Waals surface area contributed by atoms with Crippen LogP contribution in [0.2, 0.25) is 0 Å². The van der Waals surface area contributed by atoms with Crippen molar-refractivity contribution in [3.05, 3.63) is 84.9 Å². The first-order valence-electron chi connectivity index (χ1n) is 9.48. The van der Waals surface area contributed by atoms with Gasteiger partial charge < -0.3 is 13.9 Å². The zero-order valence-electron chi connectivity index (χ0n) is 14.9. The molecule has 4 aromatic carbocycles. The average Bonchev–Trinajstić information content (AvgIpc) is 3.30. The number of nitrogens with zero attached hydrogens (tertiary/aromatic N) is 1. The van der Waals surface area contributed by atoms with Gasteiger partial charge in [-0.3, -0.25) is 0 Å². The molecular weight excluding hydrogens is 345 g/mol. The largest absolute Gasteiger partial charge is 0.536 e. The van der Waals surface area contributed by atoms with E-state index in [1.807, 2.05) is 18.2 Å². The summed E-state index contributed by atoms with van der Waals surface area (Å²) >= 11 is 0. The summed E-state index contributed by atoms with van der Waals surface area (Å²) in [4.78, 5) is 2.29. The Bertz CT molecular complexity index is 1420. The van der Waals surface area contributed by atoms with Gasteiger partial charge in [0.25, 0.3) is 0 Å². The Labute approximate surface area is 161 Å². The van der Waals surface area contributed by atoms with Crippen molar-refractivity contribution < 1.29 is 9.07 Å². The van der Waals surface area contributed by atoms with Crippen LogP contribution >= 0.6 is 0 Å². The Hall–Kier alpha value is -3.66. The molecule has 0 bridgehead atoms. The SMILES string of the molecule is c1ccc2c(c1)B1Oc3cc4c(cc3N1c1ccccc1-2)oc1ccccc14. The van der Waals surface area contributed by atoms with Crippen LogP contribution < -0.4 is 14.9 Å². The van der Waals surface area contributed by atoms with E-state index >= 15 is 0 Å². The fourth-order valence-electron chi connectivity index (χ4n) is 4.65. The van der Waals surface area contributed by atoms with E-state index in [9.17, 15) is 0 Å². The third kappa shape index (κ3) is 1.70. The van der Waals surface area contributed by atoms with E-state index in [2.05, 4.69) is 71.5 Å². The summed E-state index contributed by atoms with van der Waals surface area (Å²) in [6.45, 7) is 0. The highest BCUT2D eigenvalue weighted by molar-refractivity contribution is 6.77. The summed E-state index contributed by atoms with van der Waals surface area (Å²) in [6, 6.07) is 29.4. The van der Waals surface area contributed by atoms with Crippen molar-refractivity contribution in [2.75, 3.05) is 4.81 Å². The number of hydrogen-bond donors (Lipinski definition) is 0. The molecule has 0 fully saturated rings. The maximum absolute atomic E-state index is 6.50. The Balaban J connectivity index is 1.53. The highest BCUT2D eigenvalue weighted by atomic mass is 16.5. The summed E-state index contributed by atoms with van der Waals surface area (Å²) < 4.78 is 12.6. The van der Waals surface area contributed by atoms with Gasteiger partial charge in [0.1, 0.15) is 16.9 Å². The van der Waals surface area contributed by atoms with E-state index in [1.165, 1.54) is 22.3 Å². The fourth-order valence-corrected chi connectivity index (χ4v) is 4.65. The van der Waals surface area contributed by atoms with E-state index < -0.39 is 0 Å². The summed E-state index contributed by atoms with van der Waals surface area (Å²) in [7, 11) is -0.154. The van der Waals surface area contributed by atoms with Crippen LogP contribution in [0.15, 0.2) is 89.3 Å². The van der Waals surface area contributed by atoms with Crippen LogP contribution in [0, 0.1) is 0 Å². The maximum Gasteiger partial charge on any atom is 0.524 e. The molecule has 1 aromatic heterocycles. The van der Waals surface area contributed by atoms with Gasteiger partial charge in [0, 0.05) is 28.1 Å². The van der Waals surface area contributed by atoms with E-state index in [-0.39, 0.29) is 7.05 Å². The predicted molar refractivity (Wildman–Crippen MR) is 114 cm³/mol. The first-order valence-corrected chi connectivity index (χ1v) is 9.48. The lowest BCUT2D eigenvalue weighted by Crippen LogP contribution is -2.50.